The van der Waals surface area contributed by atoms with Crippen molar-refractivity contribution in [2.45, 2.75) is 44.7 Å². The van der Waals surface area contributed by atoms with Gasteiger partial charge in [0.2, 0.25) is 5.91 Å². The number of phenolic OH excluding ortho intramolecular Hbond substituents is 1. The maximum atomic E-state index is 16.2. The average molecular weight is 613 g/mol. The van der Waals surface area contributed by atoms with E-state index < -0.39 is 46.1 Å². The second-order valence-corrected chi connectivity index (χ2v) is 11.9. The third kappa shape index (κ3) is 4.22. The molecule has 0 unspecified atom stereocenters. The molecule has 2 fully saturated rings. The molecule has 4 aromatic rings. The molecule has 2 aliphatic heterocycles. The number of phenols is 1. The second kappa shape index (κ2) is 10.2. The van der Waals surface area contributed by atoms with Gasteiger partial charge in [-0.05, 0) is 62.6 Å². The van der Waals surface area contributed by atoms with Crippen molar-refractivity contribution in [1.29, 1.82) is 0 Å². The van der Waals surface area contributed by atoms with Gasteiger partial charge in [-0.25, -0.2) is 13.8 Å². The summed E-state index contributed by atoms with van der Waals surface area (Å²) < 4.78 is 32.6. The van der Waals surface area contributed by atoms with E-state index in [1.165, 1.54) is 40.8 Å². The predicted octanol–water partition coefficient (Wildman–Crippen LogP) is 4.19. The fourth-order valence-electron chi connectivity index (χ4n) is 6.69. The first-order valence-electron chi connectivity index (χ1n) is 14.7. The van der Waals surface area contributed by atoms with Gasteiger partial charge in [-0.2, -0.15) is 0 Å². The number of carbonyl (C=O) groups excluding carboxylic acids is 2. The molecule has 1 aromatic carbocycles. The quantitative estimate of drug-likeness (QED) is 0.344. The van der Waals surface area contributed by atoms with E-state index in [0.717, 1.165) is 18.9 Å². The lowest BCUT2D eigenvalue weighted by molar-refractivity contribution is -0.130. The van der Waals surface area contributed by atoms with E-state index in [2.05, 4.69) is 16.5 Å². The fourth-order valence-corrected chi connectivity index (χ4v) is 6.69. The maximum Gasteiger partial charge on any atom is 0.283 e. The lowest BCUT2D eigenvalue weighted by atomic mass is 9.98. The summed E-state index contributed by atoms with van der Waals surface area (Å²) in [5, 5.41) is 10.8. The molecule has 3 aromatic heterocycles. The van der Waals surface area contributed by atoms with Crippen LogP contribution in [0, 0.1) is 18.6 Å². The van der Waals surface area contributed by atoms with Crippen molar-refractivity contribution in [1.82, 2.24) is 19.4 Å². The zero-order valence-corrected chi connectivity index (χ0v) is 24.9. The highest BCUT2D eigenvalue weighted by molar-refractivity contribution is 6.12. The summed E-state index contributed by atoms with van der Waals surface area (Å²) >= 11 is 0. The number of hydrogen-bond donors (Lipinski definition) is 1. The van der Waals surface area contributed by atoms with Crippen LogP contribution in [0.2, 0.25) is 0 Å². The predicted molar refractivity (Wildman–Crippen MR) is 165 cm³/mol. The Labute approximate surface area is 256 Å². The third-order valence-electron chi connectivity index (χ3n) is 9.06. The number of aromatic hydroxyl groups is 1. The van der Waals surface area contributed by atoms with Gasteiger partial charge in [0.1, 0.15) is 29.0 Å². The van der Waals surface area contributed by atoms with Crippen molar-refractivity contribution in [3.05, 3.63) is 82.4 Å². The van der Waals surface area contributed by atoms with Crippen LogP contribution in [0.4, 0.5) is 20.2 Å². The lowest BCUT2D eigenvalue weighted by Gasteiger charge is -2.49. The van der Waals surface area contributed by atoms with Gasteiger partial charge in [0.25, 0.3) is 11.5 Å². The normalized spacial score (nSPS) is 19.5. The van der Waals surface area contributed by atoms with Crippen LogP contribution >= 0.6 is 0 Å². The van der Waals surface area contributed by atoms with E-state index in [1.807, 2.05) is 13.8 Å². The van der Waals surface area contributed by atoms with Crippen molar-refractivity contribution in [3.63, 3.8) is 0 Å². The molecule has 0 bridgehead atoms. The van der Waals surface area contributed by atoms with Gasteiger partial charge in [0, 0.05) is 37.1 Å². The zero-order valence-electron chi connectivity index (χ0n) is 24.9. The van der Waals surface area contributed by atoms with Crippen LogP contribution < -0.4 is 15.4 Å². The molecule has 5 heterocycles. The number of benzene rings is 1. The first-order chi connectivity index (χ1) is 21.5. The summed E-state index contributed by atoms with van der Waals surface area (Å²) in [5.74, 6) is -2.94. The van der Waals surface area contributed by atoms with E-state index >= 15 is 8.78 Å². The minimum atomic E-state index is -0.926. The molecule has 1 N–H and O–H groups in total. The maximum absolute atomic E-state index is 16.2. The largest absolute Gasteiger partial charge is 0.507 e. The molecule has 1 saturated carbocycles. The van der Waals surface area contributed by atoms with Crippen LogP contribution in [0.15, 0.2) is 54.0 Å². The van der Waals surface area contributed by atoms with Gasteiger partial charge in [0.15, 0.2) is 11.5 Å². The monoisotopic (exact) mass is 612 g/mol. The Bertz CT molecular complexity index is 2000. The number of anilines is 2. The molecular weight excluding hydrogens is 582 g/mol. The number of halogens is 2. The van der Waals surface area contributed by atoms with Crippen molar-refractivity contribution >= 4 is 34.2 Å². The first kappa shape index (κ1) is 28.6. The van der Waals surface area contributed by atoms with E-state index in [1.54, 1.807) is 22.1 Å². The molecule has 2 atom stereocenters. The minimum Gasteiger partial charge on any atom is -0.507 e. The molecule has 1 saturated heterocycles. The molecule has 45 heavy (non-hydrogen) atoms. The van der Waals surface area contributed by atoms with Gasteiger partial charge in [-0.3, -0.25) is 23.9 Å². The third-order valence-corrected chi connectivity index (χ3v) is 9.06. The number of likely N-dealkylation sites (N-methyl/N-ethyl adjacent to an activating group) is 1. The van der Waals surface area contributed by atoms with Crippen molar-refractivity contribution in [2.24, 2.45) is 0 Å². The Balaban J connectivity index is 1.59. The molecule has 3 aliphatic rings. The Morgan fingerprint density at radius 3 is 2.53 bits per heavy atom. The van der Waals surface area contributed by atoms with Crippen LogP contribution in [0.1, 0.15) is 36.9 Å². The number of rotatable bonds is 4. The van der Waals surface area contributed by atoms with Crippen LogP contribution in [0.3, 0.4) is 0 Å². The number of fused-ring (bicyclic) bond motifs is 5. The lowest BCUT2D eigenvalue weighted by Crippen LogP contribution is -2.66. The highest BCUT2D eigenvalue weighted by Gasteiger charge is 2.46. The van der Waals surface area contributed by atoms with Crippen molar-refractivity contribution < 1.29 is 23.5 Å². The molecular formula is C33H30F2N6O4. The van der Waals surface area contributed by atoms with Crippen LogP contribution in [0.25, 0.3) is 28.0 Å². The topological polar surface area (TPSA) is 112 Å². The molecule has 12 heteroatoms. The summed E-state index contributed by atoms with van der Waals surface area (Å²) in [6, 6.07) is 5.32. The molecule has 2 amide bonds. The van der Waals surface area contributed by atoms with Gasteiger partial charge in [-0.15, -0.1) is 0 Å². The molecule has 0 spiro atoms. The summed E-state index contributed by atoms with van der Waals surface area (Å²) in [4.78, 5) is 55.0. The number of nitrogens with zero attached hydrogens (tertiary/aromatic N) is 6. The summed E-state index contributed by atoms with van der Waals surface area (Å²) in [5.41, 5.74) is 0.727. The number of carbonyl (C=O) groups is 2. The number of aromatic nitrogens is 3. The highest BCUT2D eigenvalue weighted by atomic mass is 19.1. The van der Waals surface area contributed by atoms with Gasteiger partial charge < -0.3 is 19.8 Å². The van der Waals surface area contributed by atoms with Gasteiger partial charge in [0.05, 0.1) is 29.2 Å². The number of pyridine rings is 3. The minimum absolute atomic E-state index is 0.0227. The smallest absolute Gasteiger partial charge is 0.283 e. The van der Waals surface area contributed by atoms with Crippen molar-refractivity contribution in [2.75, 3.05) is 29.9 Å². The average Bonchev–Trinajstić information content (AvgIpc) is 3.85. The number of hydrogen-bond acceptors (Lipinski definition) is 7. The Kier molecular flexibility index (Phi) is 6.50. The van der Waals surface area contributed by atoms with E-state index in [4.69, 9.17) is 0 Å². The van der Waals surface area contributed by atoms with E-state index in [9.17, 15) is 19.5 Å². The number of piperazine rings is 1. The molecule has 1 aliphatic carbocycles. The molecule has 230 valence electrons. The van der Waals surface area contributed by atoms with E-state index in [-0.39, 0.29) is 47.7 Å². The summed E-state index contributed by atoms with van der Waals surface area (Å²) in [6.45, 7) is 7.43. The van der Waals surface area contributed by atoms with Crippen LogP contribution in [0.5, 0.6) is 5.75 Å². The summed E-state index contributed by atoms with van der Waals surface area (Å²) in [6.07, 6.45) is 4.61. The zero-order chi connectivity index (χ0) is 31.9. The second-order valence-electron chi connectivity index (χ2n) is 11.9. The molecule has 0 radical (unpaired) electrons. The SMILES string of the molecule is C=CC(=O)N1C[C@@H]2C(=O)N(C)c3c(c4cc(F)c(-c5c(O)cccc5F)nc4n(-c4c(C)ccnc4C4CC4)c3=O)N2C[C@H]1C. The van der Waals surface area contributed by atoms with Gasteiger partial charge >= 0.3 is 0 Å². The van der Waals surface area contributed by atoms with Crippen molar-refractivity contribution in [3.8, 4) is 22.7 Å². The molecule has 10 nitrogen and oxygen atoms in total. The first-order valence-corrected chi connectivity index (χ1v) is 14.7. The number of aryl methyl sites for hydroxylation is 1. The standard InChI is InChI=1S/C33H30F2N6O4/c1-5-24(43)39-15-22-32(44)38(4)30-29(40(22)14-17(39)3)19-13-21(35)27(25-20(34)7-6-8-23(25)42)37-31(19)41(33(30)45)28-16(2)11-12-36-26(28)18-9-10-18/h5-8,11-13,17-18,22,42H,1,9-10,14-15H2,2-4H3/t17-,22-/m1/s1. The highest BCUT2D eigenvalue weighted by Crippen LogP contribution is 2.46. The fraction of sp³-hybridized carbons (Fsp3) is 0.303. The Morgan fingerprint density at radius 1 is 1.09 bits per heavy atom. The van der Waals surface area contributed by atoms with Crippen LogP contribution in [-0.2, 0) is 9.59 Å². The van der Waals surface area contributed by atoms with E-state index in [0.29, 0.717) is 22.6 Å². The Morgan fingerprint density at radius 2 is 1.84 bits per heavy atom. The number of amides is 2. The Hall–Kier alpha value is -5.13. The summed E-state index contributed by atoms with van der Waals surface area (Å²) in [7, 11) is 1.49. The van der Waals surface area contributed by atoms with Gasteiger partial charge in [-0.1, -0.05) is 12.6 Å². The molecule has 7 rings (SSSR count). The van der Waals surface area contributed by atoms with Crippen LogP contribution in [-0.4, -0.2) is 68.6 Å².